The van der Waals surface area contributed by atoms with Gasteiger partial charge in [0.1, 0.15) is 17.5 Å². The minimum absolute atomic E-state index is 0.372. The van der Waals surface area contributed by atoms with Crippen molar-refractivity contribution < 1.29 is 0 Å². The molecule has 0 spiro atoms. The maximum absolute atomic E-state index is 9.25. The van der Waals surface area contributed by atoms with E-state index in [0.717, 1.165) is 30.6 Å². The average Bonchev–Trinajstić information content (AvgIpc) is 2.75. The fourth-order valence-corrected chi connectivity index (χ4v) is 2.01. The van der Waals surface area contributed by atoms with E-state index in [-0.39, 0.29) is 0 Å². The van der Waals surface area contributed by atoms with Crippen molar-refractivity contribution in [2.75, 3.05) is 17.6 Å². The quantitative estimate of drug-likeness (QED) is 0.818. The number of nitrogens with zero attached hydrogens (tertiary/aromatic N) is 3. The number of unbranched alkanes of at least 4 members (excludes halogenated alkanes) is 1. The van der Waals surface area contributed by atoms with Crippen molar-refractivity contribution >= 4 is 11.6 Å². The number of anilines is 2. The van der Waals surface area contributed by atoms with Crippen LogP contribution in [0.4, 0.5) is 11.6 Å². The van der Waals surface area contributed by atoms with Crippen LogP contribution in [-0.4, -0.2) is 16.3 Å². The number of aromatic nitrogens is 2. The molecular formula is C15H19N5. The van der Waals surface area contributed by atoms with Gasteiger partial charge in [0.05, 0.1) is 5.69 Å². The molecule has 3 N–H and O–H groups in total. The molecule has 0 saturated carbocycles. The molecule has 1 aromatic heterocycles. The maximum atomic E-state index is 9.25. The molecule has 0 aliphatic carbocycles. The zero-order chi connectivity index (χ0) is 14.5. The van der Waals surface area contributed by atoms with E-state index in [1.165, 1.54) is 0 Å². The first-order chi connectivity index (χ1) is 9.67. The Morgan fingerprint density at radius 3 is 2.90 bits per heavy atom. The Labute approximate surface area is 119 Å². The molecule has 0 bridgehead atoms. The van der Waals surface area contributed by atoms with E-state index in [9.17, 15) is 5.26 Å². The van der Waals surface area contributed by atoms with Crippen molar-refractivity contribution in [1.29, 1.82) is 5.26 Å². The van der Waals surface area contributed by atoms with E-state index < -0.39 is 0 Å². The summed E-state index contributed by atoms with van der Waals surface area (Å²) in [6, 6.07) is 9.99. The summed E-state index contributed by atoms with van der Waals surface area (Å²) in [4.78, 5) is 0. The summed E-state index contributed by atoms with van der Waals surface area (Å²) in [6.45, 7) is 4.91. The summed E-state index contributed by atoms with van der Waals surface area (Å²) in [5.74, 6) is 0.928. The molecular weight excluding hydrogens is 250 g/mol. The van der Waals surface area contributed by atoms with Crippen molar-refractivity contribution in [1.82, 2.24) is 9.78 Å². The van der Waals surface area contributed by atoms with Gasteiger partial charge < -0.3 is 11.1 Å². The first-order valence-corrected chi connectivity index (χ1v) is 6.77. The summed E-state index contributed by atoms with van der Waals surface area (Å²) in [7, 11) is 0. The third-order valence-corrected chi connectivity index (χ3v) is 3.10. The molecule has 5 heteroatoms. The van der Waals surface area contributed by atoms with Crippen LogP contribution in [-0.2, 0) is 0 Å². The van der Waals surface area contributed by atoms with Crippen LogP contribution in [0.2, 0.25) is 0 Å². The van der Waals surface area contributed by atoms with Gasteiger partial charge >= 0.3 is 0 Å². The SMILES string of the molecule is CCCCNc1nn(-c2cccc(C)c2)c(N)c1C#N. The zero-order valence-electron chi connectivity index (χ0n) is 11.8. The predicted molar refractivity (Wildman–Crippen MR) is 80.8 cm³/mol. The fourth-order valence-electron chi connectivity index (χ4n) is 2.01. The number of benzene rings is 1. The number of hydrogen-bond acceptors (Lipinski definition) is 4. The third-order valence-electron chi connectivity index (χ3n) is 3.10. The van der Waals surface area contributed by atoms with Gasteiger partial charge in [0, 0.05) is 6.54 Å². The van der Waals surface area contributed by atoms with Gasteiger partial charge in [-0.3, -0.25) is 0 Å². The van der Waals surface area contributed by atoms with Gasteiger partial charge in [-0.25, -0.2) is 4.68 Å². The van der Waals surface area contributed by atoms with Gasteiger partial charge in [0.15, 0.2) is 5.82 Å². The summed E-state index contributed by atoms with van der Waals surface area (Å²) < 4.78 is 1.61. The largest absolute Gasteiger partial charge is 0.382 e. The maximum Gasteiger partial charge on any atom is 0.168 e. The molecule has 1 aromatic carbocycles. The molecule has 0 unspecified atom stereocenters. The normalized spacial score (nSPS) is 10.2. The first kappa shape index (κ1) is 13.9. The fraction of sp³-hybridized carbons (Fsp3) is 0.333. The Bertz CT molecular complexity index is 636. The monoisotopic (exact) mass is 269 g/mol. The highest BCUT2D eigenvalue weighted by Crippen LogP contribution is 2.24. The lowest BCUT2D eigenvalue weighted by atomic mass is 10.2. The Morgan fingerprint density at radius 1 is 1.45 bits per heavy atom. The predicted octanol–water partition coefficient (Wildman–Crippen LogP) is 2.85. The summed E-state index contributed by atoms with van der Waals surface area (Å²) >= 11 is 0. The van der Waals surface area contributed by atoms with Crippen molar-refractivity contribution in [3.8, 4) is 11.8 Å². The van der Waals surface area contributed by atoms with Crippen LogP contribution in [0, 0.1) is 18.3 Å². The molecule has 2 rings (SSSR count). The Hall–Kier alpha value is -2.48. The number of nitriles is 1. The molecule has 5 nitrogen and oxygen atoms in total. The van der Waals surface area contributed by atoms with Crippen molar-refractivity contribution in [3.63, 3.8) is 0 Å². The van der Waals surface area contributed by atoms with E-state index in [4.69, 9.17) is 5.73 Å². The van der Waals surface area contributed by atoms with Crippen molar-refractivity contribution in [2.24, 2.45) is 0 Å². The van der Waals surface area contributed by atoms with Crippen molar-refractivity contribution in [2.45, 2.75) is 26.7 Å². The van der Waals surface area contributed by atoms with Gasteiger partial charge in [-0.1, -0.05) is 25.5 Å². The number of nitrogens with two attached hydrogens (primary N) is 1. The lowest BCUT2D eigenvalue weighted by molar-refractivity contribution is 0.822. The zero-order valence-corrected chi connectivity index (χ0v) is 11.8. The molecule has 0 atom stereocenters. The highest BCUT2D eigenvalue weighted by molar-refractivity contribution is 5.66. The minimum Gasteiger partial charge on any atom is -0.382 e. The first-order valence-electron chi connectivity index (χ1n) is 6.77. The Kier molecular flexibility index (Phi) is 4.26. The van der Waals surface area contributed by atoms with E-state index in [1.807, 2.05) is 31.2 Å². The molecule has 0 aliphatic heterocycles. The molecule has 104 valence electrons. The van der Waals surface area contributed by atoms with E-state index in [0.29, 0.717) is 17.2 Å². The minimum atomic E-state index is 0.372. The van der Waals surface area contributed by atoms with Gasteiger partial charge in [-0.2, -0.15) is 5.26 Å². The van der Waals surface area contributed by atoms with Crippen LogP contribution in [0.25, 0.3) is 5.69 Å². The van der Waals surface area contributed by atoms with Gasteiger partial charge in [-0.05, 0) is 31.0 Å². The molecule has 1 heterocycles. The molecule has 0 amide bonds. The summed E-state index contributed by atoms with van der Waals surface area (Å²) in [5, 5.41) is 16.8. The van der Waals surface area contributed by atoms with Crippen molar-refractivity contribution in [3.05, 3.63) is 35.4 Å². The van der Waals surface area contributed by atoms with E-state index in [2.05, 4.69) is 23.4 Å². The summed E-state index contributed by atoms with van der Waals surface area (Å²) in [6.07, 6.45) is 2.12. The highest BCUT2D eigenvalue weighted by atomic mass is 15.3. The van der Waals surface area contributed by atoms with Crippen LogP contribution in [0.3, 0.4) is 0 Å². The molecule has 0 fully saturated rings. The smallest absolute Gasteiger partial charge is 0.168 e. The number of hydrogen-bond donors (Lipinski definition) is 2. The molecule has 0 radical (unpaired) electrons. The van der Waals surface area contributed by atoms with Crippen LogP contribution in [0.5, 0.6) is 0 Å². The van der Waals surface area contributed by atoms with Gasteiger partial charge in [0.25, 0.3) is 0 Å². The second-order valence-corrected chi connectivity index (χ2v) is 4.75. The second-order valence-electron chi connectivity index (χ2n) is 4.75. The average molecular weight is 269 g/mol. The van der Waals surface area contributed by atoms with Crippen LogP contribution in [0.15, 0.2) is 24.3 Å². The summed E-state index contributed by atoms with van der Waals surface area (Å²) in [5.41, 5.74) is 8.43. The highest BCUT2D eigenvalue weighted by Gasteiger charge is 2.16. The standard InChI is InChI=1S/C15H19N5/c1-3-4-8-18-15-13(10-16)14(17)20(19-15)12-7-5-6-11(2)9-12/h5-7,9H,3-4,8,17H2,1-2H3,(H,18,19). The number of nitrogens with one attached hydrogen (secondary N) is 1. The lowest BCUT2D eigenvalue weighted by Gasteiger charge is -2.04. The molecule has 2 aromatic rings. The third kappa shape index (κ3) is 2.75. The van der Waals surface area contributed by atoms with Gasteiger partial charge in [0.2, 0.25) is 0 Å². The molecule has 20 heavy (non-hydrogen) atoms. The van der Waals surface area contributed by atoms with Gasteiger partial charge in [-0.15, -0.1) is 5.10 Å². The molecule has 0 aliphatic rings. The number of aryl methyl sites for hydroxylation is 1. The van der Waals surface area contributed by atoms with E-state index in [1.54, 1.807) is 4.68 Å². The van der Waals surface area contributed by atoms with Crippen LogP contribution >= 0.6 is 0 Å². The van der Waals surface area contributed by atoms with Crippen LogP contribution in [0.1, 0.15) is 30.9 Å². The molecule has 0 saturated heterocycles. The van der Waals surface area contributed by atoms with E-state index >= 15 is 0 Å². The number of nitrogen functional groups attached to an aromatic ring is 1. The topological polar surface area (TPSA) is 79.7 Å². The Morgan fingerprint density at radius 2 is 2.25 bits per heavy atom. The van der Waals surface area contributed by atoms with Crippen LogP contribution < -0.4 is 11.1 Å². The lowest BCUT2D eigenvalue weighted by Crippen LogP contribution is -2.04. The number of rotatable bonds is 5. The Balaban J connectivity index is 2.38. The second kappa shape index (κ2) is 6.11.